The molecule has 0 atom stereocenters. The van der Waals surface area contributed by atoms with Crippen LogP contribution in [0.4, 0.5) is 10.8 Å². The van der Waals surface area contributed by atoms with Gasteiger partial charge in [0.05, 0.1) is 31.0 Å². The zero-order valence-corrected chi connectivity index (χ0v) is 15.0. The monoisotopic (exact) mass is 363 g/mol. The van der Waals surface area contributed by atoms with Gasteiger partial charge in [-0.1, -0.05) is 35.2 Å². The van der Waals surface area contributed by atoms with Crippen molar-refractivity contribution in [3.63, 3.8) is 0 Å². The Kier molecular flexibility index (Phi) is 6.84. The lowest BCUT2D eigenvalue weighted by atomic mass is 10.3. The lowest BCUT2D eigenvalue weighted by Gasteiger charge is -2.14. The molecule has 9 heteroatoms. The normalized spacial score (nSPS) is 10.0. The quantitative estimate of drug-likeness (QED) is 0.721. The van der Waals surface area contributed by atoms with Crippen LogP contribution in [-0.2, 0) is 4.79 Å². The summed E-state index contributed by atoms with van der Waals surface area (Å²) in [6, 6.07) is 9.56. The van der Waals surface area contributed by atoms with E-state index in [2.05, 4.69) is 15.5 Å². The molecule has 0 spiro atoms. The first-order valence-electron chi connectivity index (χ1n) is 7.11. The minimum atomic E-state index is -0.0373. The highest BCUT2D eigenvalue weighted by atomic mass is 32.2. The van der Waals surface area contributed by atoms with Crippen molar-refractivity contribution >= 4 is 39.8 Å². The molecule has 1 heterocycles. The van der Waals surface area contributed by atoms with Crippen LogP contribution in [0.15, 0.2) is 28.6 Å². The van der Waals surface area contributed by atoms with E-state index in [1.54, 1.807) is 19.1 Å². The highest BCUT2D eigenvalue weighted by Crippen LogP contribution is 2.31. The number of hydrogen-bond donors (Lipinski definition) is 1. The van der Waals surface area contributed by atoms with E-state index in [0.717, 1.165) is 11.4 Å². The molecule has 0 fully saturated rings. The number of carbonyl (C=O) groups is 1. The standard InChI is InChI=1S/C15H17N5O2S2/c1-20(9-5-8-16)13(21)10-23-15-19-18-14(24-15)17-11-6-3-4-7-12(11)22-2/h3-4,6-7H,5,9-10H2,1-2H3,(H,17,18). The molecule has 24 heavy (non-hydrogen) atoms. The highest BCUT2D eigenvalue weighted by Gasteiger charge is 2.12. The van der Waals surface area contributed by atoms with Gasteiger partial charge in [-0.15, -0.1) is 10.2 Å². The molecule has 2 rings (SSSR count). The van der Waals surface area contributed by atoms with Crippen molar-refractivity contribution in [2.45, 2.75) is 10.8 Å². The first kappa shape index (κ1) is 18.0. The smallest absolute Gasteiger partial charge is 0.232 e. The Balaban J connectivity index is 1.89. The molecule has 0 saturated heterocycles. The summed E-state index contributed by atoms with van der Waals surface area (Å²) in [7, 11) is 3.30. The third-order valence-corrected chi connectivity index (χ3v) is 5.02. The molecule has 0 bridgehead atoms. The van der Waals surface area contributed by atoms with Crippen molar-refractivity contribution in [2.75, 3.05) is 31.8 Å². The Labute approximate surface area is 148 Å². The van der Waals surface area contributed by atoms with Crippen LogP contribution in [0, 0.1) is 11.3 Å². The molecule has 0 radical (unpaired) electrons. The van der Waals surface area contributed by atoms with Gasteiger partial charge in [-0.05, 0) is 12.1 Å². The van der Waals surface area contributed by atoms with E-state index < -0.39 is 0 Å². The predicted octanol–water partition coefficient (Wildman–Crippen LogP) is 2.75. The number of anilines is 2. The van der Waals surface area contributed by atoms with Gasteiger partial charge in [0.15, 0.2) is 4.34 Å². The lowest BCUT2D eigenvalue weighted by Crippen LogP contribution is -2.29. The minimum absolute atomic E-state index is 0.0373. The van der Waals surface area contributed by atoms with E-state index in [1.165, 1.54) is 23.1 Å². The first-order chi connectivity index (χ1) is 11.6. The SMILES string of the molecule is COc1ccccc1Nc1nnc(SCC(=O)N(C)CCC#N)s1. The Hall–Kier alpha value is -2.31. The number of aromatic nitrogens is 2. The summed E-state index contributed by atoms with van der Waals surface area (Å²) in [5, 5.41) is 20.5. The van der Waals surface area contributed by atoms with Crippen molar-refractivity contribution in [3.8, 4) is 11.8 Å². The van der Waals surface area contributed by atoms with E-state index in [4.69, 9.17) is 10.00 Å². The second-order valence-electron chi connectivity index (χ2n) is 4.71. The first-order valence-corrected chi connectivity index (χ1v) is 8.91. The van der Waals surface area contributed by atoms with Crippen LogP contribution in [0.25, 0.3) is 0 Å². The van der Waals surface area contributed by atoms with Crippen molar-refractivity contribution in [2.24, 2.45) is 0 Å². The summed E-state index contributed by atoms with van der Waals surface area (Å²) in [5.74, 6) is 0.950. The maximum Gasteiger partial charge on any atom is 0.232 e. The van der Waals surface area contributed by atoms with Gasteiger partial charge in [-0.25, -0.2) is 0 Å². The molecule has 0 unspecified atom stereocenters. The minimum Gasteiger partial charge on any atom is -0.495 e. The Morgan fingerprint density at radius 1 is 1.46 bits per heavy atom. The van der Waals surface area contributed by atoms with Crippen LogP contribution < -0.4 is 10.1 Å². The van der Waals surface area contributed by atoms with Gasteiger partial charge in [0.2, 0.25) is 11.0 Å². The fourth-order valence-corrected chi connectivity index (χ4v) is 3.46. The molecule has 0 aliphatic carbocycles. The van der Waals surface area contributed by atoms with E-state index in [0.29, 0.717) is 22.4 Å². The van der Waals surface area contributed by atoms with Gasteiger partial charge in [0.25, 0.3) is 0 Å². The molecule has 2 aromatic rings. The van der Waals surface area contributed by atoms with Crippen molar-refractivity contribution < 1.29 is 9.53 Å². The zero-order chi connectivity index (χ0) is 17.4. The van der Waals surface area contributed by atoms with Gasteiger partial charge in [-0.2, -0.15) is 5.26 Å². The fourth-order valence-electron chi connectivity index (χ4n) is 1.76. The van der Waals surface area contributed by atoms with Gasteiger partial charge < -0.3 is 15.0 Å². The number of nitrogens with zero attached hydrogens (tertiary/aromatic N) is 4. The number of thioether (sulfide) groups is 1. The number of rotatable bonds is 8. The molecule has 1 aromatic heterocycles. The zero-order valence-electron chi connectivity index (χ0n) is 13.4. The molecule has 0 aliphatic heterocycles. The van der Waals surface area contributed by atoms with Crippen molar-refractivity contribution in [1.29, 1.82) is 5.26 Å². The van der Waals surface area contributed by atoms with Crippen LogP contribution >= 0.6 is 23.1 Å². The molecule has 1 amide bonds. The van der Waals surface area contributed by atoms with Crippen LogP contribution in [0.1, 0.15) is 6.42 Å². The average molecular weight is 363 g/mol. The van der Waals surface area contributed by atoms with Crippen molar-refractivity contribution in [1.82, 2.24) is 15.1 Å². The van der Waals surface area contributed by atoms with Crippen LogP contribution in [-0.4, -0.2) is 47.5 Å². The molecule has 0 aliphatic rings. The summed E-state index contributed by atoms with van der Waals surface area (Å²) in [4.78, 5) is 13.5. The molecule has 1 aromatic carbocycles. The number of amides is 1. The summed E-state index contributed by atoms with van der Waals surface area (Å²) in [5.41, 5.74) is 0.806. The molecular formula is C15H17N5O2S2. The Bertz CT molecular complexity index is 729. The number of para-hydroxylation sites is 2. The fraction of sp³-hybridized carbons (Fsp3) is 0.333. The summed E-state index contributed by atoms with van der Waals surface area (Å²) in [6.07, 6.45) is 0.332. The predicted molar refractivity (Wildman–Crippen MR) is 94.8 cm³/mol. The maximum atomic E-state index is 11.9. The maximum absolute atomic E-state index is 11.9. The second-order valence-corrected chi connectivity index (χ2v) is 6.91. The largest absolute Gasteiger partial charge is 0.495 e. The number of methoxy groups -OCH3 is 1. The van der Waals surface area contributed by atoms with Crippen molar-refractivity contribution in [3.05, 3.63) is 24.3 Å². The van der Waals surface area contributed by atoms with Gasteiger partial charge in [0, 0.05) is 13.6 Å². The topological polar surface area (TPSA) is 91.1 Å². The molecule has 1 N–H and O–H groups in total. The number of nitriles is 1. The number of benzene rings is 1. The summed E-state index contributed by atoms with van der Waals surface area (Å²) < 4.78 is 5.98. The Morgan fingerprint density at radius 3 is 3.00 bits per heavy atom. The van der Waals surface area contributed by atoms with Gasteiger partial charge in [-0.3, -0.25) is 4.79 Å². The molecule has 126 valence electrons. The average Bonchev–Trinajstić information content (AvgIpc) is 3.05. The third kappa shape index (κ3) is 5.11. The second kappa shape index (κ2) is 9.10. The number of ether oxygens (including phenoxy) is 1. The Morgan fingerprint density at radius 2 is 2.25 bits per heavy atom. The number of nitrogens with one attached hydrogen (secondary N) is 1. The van der Waals surface area contributed by atoms with Crippen LogP contribution in [0.3, 0.4) is 0 Å². The molecular weight excluding hydrogens is 346 g/mol. The number of hydrogen-bond acceptors (Lipinski definition) is 8. The van der Waals surface area contributed by atoms with Crippen LogP contribution in [0.2, 0.25) is 0 Å². The van der Waals surface area contributed by atoms with Gasteiger partial charge >= 0.3 is 0 Å². The van der Waals surface area contributed by atoms with Crippen LogP contribution in [0.5, 0.6) is 5.75 Å². The van der Waals surface area contributed by atoms with E-state index >= 15 is 0 Å². The van der Waals surface area contributed by atoms with E-state index in [-0.39, 0.29) is 11.7 Å². The third-order valence-electron chi connectivity index (χ3n) is 3.06. The van der Waals surface area contributed by atoms with E-state index in [9.17, 15) is 4.79 Å². The van der Waals surface area contributed by atoms with E-state index in [1.807, 2.05) is 30.3 Å². The van der Waals surface area contributed by atoms with Gasteiger partial charge in [0.1, 0.15) is 5.75 Å². The molecule has 7 nitrogen and oxygen atoms in total. The summed E-state index contributed by atoms with van der Waals surface area (Å²) >= 11 is 2.70. The number of carbonyl (C=O) groups excluding carboxylic acids is 1. The highest BCUT2D eigenvalue weighted by molar-refractivity contribution is 8.01. The molecule has 0 saturated carbocycles. The lowest BCUT2D eigenvalue weighted by molar-refractivity contribution is -0.127. The summed E-state index contributed by atoms with van der Waals surface area (Å²) in [6.45, 7) is 0.437.